The number of nitrogens with zero attached hydrogens (tertiary/aromatic N) is 2. The molecule has 0 unspecified atom stereocenters. The summed E-state index contributed by atoms with van der Waals surface area (Å²) in [6.07, 6.45) is 0. The predicted octanol–water partition coefficient (Wildman–Crippen LogP) is 2.33. The van der Waals surface area contributed by atoms with Crippen LogP contribution in [0.1, 0.15) is 5.82 Å². The van der Waals surface area contributed by atoms with E-state index in [1.165, 1.54) is 0 Å². The number of H-pyrrole nitrogens is 2. The number of hydrogen-bond acceptors (Lipinski definition) is 2. The van der Waals surface area contributed by atoms with Gasteiger partial charge in [-0.1, -0.05) is 6.07 Å². The molecule has 0 aliphatic carbocycles. The normalized spacial score (nSPS) is 11.3. The first-order valence-electron chi connectivity index (χ1n) is 5.47. The summed E-state index contributed by atoms with van der Waals surface area (Å²) in [5.41, 5.74) is 3.41. The van der Waals surface area contributed by atoms with Crippen LogP contribution in [-0.2, 0) is 7.05 Å². The second kappa shape index (κ2) is 3.84. The van der Waals surface area contributed by atoms with Crippen molar-refractivity contribution in [3.8, 4) is 11.3 Å². The Morgan fingerprint density at radius 2 is 2.00 bits per heavy atom. The van der Waals surface area contributed by atoms with Gasteiger partial charge in [0.05, 0.1) is 16.7 Å². The molecule has 5 nitrogen and oxygen atoms in total. The summed E-state index contributed by atoms with van der Waals surface area (Å²) in [4.78, 5) is 21.1. The van der Waals surface area contributed by atoms with Crippen LogP contribution in [0.5, 0.6) is 0 Å². The summed E-state index contributed by atoms with van der Waals surface area (Å²) < 4.78 is 2.82. The first-order chi connectivity index (χ1) is 8.56. The third-order valence-electron chi connectivity index (χ3n) is 3.07. The van der Waals surface area contributed by atoms with Crippen molar-refractivity contribution in [1.29, 1.82) is 0 Å². The minimum atomic E-state index is -0.192. The van der Waals surface area contributed by atoms with E-state index in [2.05, 4.69) is 30.9 Å². The lowest BCUT2D eigenvalue weighted by molar-refractivity contribution is 0.865. The van der Waals surface area contributed by atoms with Gasteiger partial charge >= 0.3 is 5.69 Å². The van der Waals surface area contributed by atoms with Gasteiger partial charge in [0.25, 0.3) is 0 Å². The number of rotatable bonds is 1. The summed E-state index contributed by atoms with van der Waals surface area (Å²) in [7, 11) is 1.96. The molecule has 92 valence electrons. The number of benzene rings is 1. The van der Waals surface area contributed by atoms with Gasteiger partial charge in [-0.15, -0.1) is 0 Å². The van der Waals surface area contributed by atoms with Crippen molar-refractivity contribution in [2.24, 2.45) is 7.05 Å². The fraction of sp³-hybridized carbons (Fsp3) is 0.167. The second-order valence-corrected chi connectivity index (χ2v) is 4.95. The molecule has 0 bridgehead atoms. The maximum atomic E-state index is 11.2. The van der Waals surface area contributed by atoms with Gasteiger partial charge in [-0.25, -0.2) is 9.78 Å². The van der Waals surface area contributed by atoms with Crippen LogP contribution in [0, 0.1) is 6.92 Å². The number of halogens is 1. The molecule has 3 rings (SSSR count). The molecule has 2 heterocycles. The molecule has 18 heavy (non-hydrogen) atoms. The van der Waals surface area contributed by atoms with Gasteiger partial charge in [0, 0.05) is 12.6 Å². The lowest BCUT2D eigenvalue weighted by Gasteiger charge is -2.04. The average molecular weight is 307 g/mol. The van der Waals surface area contributed by atoms with Crippen molar-refractivity contribution >= 4 is 27.0 Å². The number of imidazole rings is 2. The Kier molecular flexibility index (Phi) is 2.41. The molecule has 0 aliphatic heterocycles. The Morgan fingerprint density at radius 3 is 2.67 bits per heavy atom. The molecule has 2 aromatic heterocycles. The molecule has 3 aromatic rings. The highest BCUT2D eigenvalue weighted by molar-refractivity contribution is 9.10. The Bertz CT molecular complexity index is 796. The van der Waals surface area contributed by atoms with E-state index in [0.29, 0.717) is 0 Å². The molecule has 0 radical (unpaired) electrons. The van der Waals surface area contributed by atoms with Crippen molar-refractivity contribution in [3.63, 3.8) is 0 Å². The molecule has 6 heteroatoms. The number of fused-ring (bicyclic) bond motifs is 1. The average Bonchev–Trinajstić information content (AvgIpc) is 2.78. The summed E-state index contributed by atoms with van der Waals surface area (Å²) in [5, 5.41) is 0. The maximum Gasteiger partial charge on any atom is 0.323 e. The lowest BCUT2D eigenvalue weighted by Crippen LogP contribution is -1.99. The highest BCUT2D eigenvalue weighted by atomic mass is 79.9. The smallest absolute Gasteiger partial charge is 0.323 e. The second-order valence-electron chi connectivity index (χ2n) is 4.20. The number of aryl methyl sites for hydroxylation is 1. The van der Waals surface area contributed by atoms with Crippen LogP contribution in [0.25, 0.3) is 22.3 Å². The Balaban J connectivity index is 2.28. The third-order valence-corrected chi connectivity index (χ3v) is 3.62. The van der Waals surface area contributed by atoms with Crippen molar-refractivity contribution in [2.45, 2.75) is 6.92 Å². The fourth-order valence-electron chi connectivity index (χ4n) is 2.06. The van der Waals surface area contributed by atoms with Gasteiger partial charge in [0.15, 0.2) is 0 Å². The molecular formula is C12H11BrN4O. The van der Waals surface area contributed by atoms with Crippen molar-refractivity contribution in [1.82, 2.24) is 19.5 Å². The highest BCUT2D eigenvalue weighted by Gasteiger charge is 2.12. The minimum Gasteiger partial charge on any atom is -0.330 e. The van der Waals surface area contributed by atoms with Gasteiger partial charge in [0.1, 0.15) is 10.4 Å². The molecule has 2 N–H and O–H groups in total. The molecule has 0 atom stereocenters. The number of aromatic amines is 2. The van der Waals surface area contributed by atoms with Gasteiger partial charge in [0.2, 0.25) is 0 Å². The molecular weight excluding hydrogens is 296 g/mol. The van der Waals surface area contributed by atoms with Gasteiger partial charge < -0.3 is 14.5 Å². The van der Waals surface area contributed by atoms with Crippen LogP contribution in [0.2, 0.25) is 0 Å². The van der Waals surface area contributed by atoms with Crippen molar-refractivity contribution in [3.05, 3.63) is 39.1 Å². The van der Waals surface area contributed by atoms with Crippen LogP contribution in [0.3, 0.4) is 0 Å². The van der Waals surface area contributed by atoms with E-state index in [9.17, 15) is 4.79 Å². The minimum absolute atomic E-state index is 0.192. The highest BCUT2D eigenvalue weighted by Crippen LogP contribution is 2.29. The summed E-state index contributed by atoms with van der Waals surface area (Å²) in [5.74, 6) is 0.930. The number of nitrogens with one attached hydrogen (secondary N) is 2. The van der Waals surface area contributed by atoms with Gasteiger partial charge in [-0.05, 0) is 35.0 Å². The molecule has 0 fully saturated rings. The molecule has 0 aliphatic rings. The standard InChI is InChI=1S/C12H11BrN4O/c1-6-14-11(13)10(17(6)2)7-3-4-8-9(5-7)16-12(18)15-8/h3-5H,1-2H3,(H2,15,16,18). The zero-order chi connectivity index (χ0) is 12.9. The quantitative estimate of drug-likeness (QED) is 0.724. The van der Waals surface area contributed by atoms with Gasteiger partial charge in [-0.3, -0.25) is 0 Å². The van der Waals surface area contributed by atoms with E-state index in [-0.39, 0.29) is 5.69 Å². The summed E-state index contributed by atoms with van der Waals surface area (Å²) in [6.45, 7) is 1.95. The van der Waals surface area contributed by atoms with Gasteiger partial charge in [-0.2, -0.15) is 0 Å². The molecule has 0 amide bonds. The zero-order valence-electron chi connectivity index (χ0n) is 9.91. The number of aromatic nitrogens is 4. The zero-order valence-corrected chi connectivity index (χ0v) is 11.5. The van der Waals surface area contributed by atoms with E-state index in [1.807, 2.05) is 36.7 Å². The van der Waals surface area contributed by atoms with Crippen molar-refractivity contribution < 1.29 is 0 Å². The largest absolute Gasteiger partial charge is 0.330 e. The SMILES string of the molecule is Cc1nc(Br)c(-c2ccc3[nH]c(=O)[nH]c3c2)n1C. The third kappa shape index (κ3) is 1.60. The lowest BCUT2D eigenvalue weighted by atomic mass is 10.1. The van der Waals surface area contributed by atoms with E-state index >= 15 is 0 Å². The van der Waals surface area contributed by atoms with E-state index in [1.54, 1.807) is 0 Å². The Hall–Kier alpha value is -1.82. The monoisotopic (exact) mass is 306 g/mol. The van der Waals surface area contributed by atoms with E-state index in [4.69, 9.17) is 0 Å². The first-order valence-corrected chi connectivity index (χ1v) is 6.27. The van der Waals surface area contributed by atoms with Crippen LogP contribution in [-0.4, -0.2) is 19.5 Å². The molecule has 0 saturated heterocycles. The van der Waals surface area contributed by atoms with E-state index in [0.717, 1.165) is 32.7 Å². The fourth-order valence-corrected chi connectivity index (χ4v) is 2.81. The van der Waals surface area contributed by atoms with Crippen LogP contribution >= 0.6 is 15.9 Å². The van der Waals surface area contributed by atoms with Crippen LogP contribution < -0.4 is 5.69 Å². The Morgan fingerprint density at radius 1 is 1.28 bits per heavy atom. The maximum absolute atomic E-state index is 11.2. The van der Waals surface area contributed by atoms with Crippen LogP contribution in [0.15, 0.2) is 27.6 Å². The topological polar surface area (TPSA) is 66.5 Å². The summed E-state index contributed by atoms with van der Waals surface area (Å²) in [6, 6.07) is 5.79. The van der Waals surface area contributed by atoms with Crippen LogP contribution in [0.4, 0.5) is 0 Å². The summed E-state index contributed by atoms with van der Waals surface area (Å²) >= 11 is 3.46. The molecule has 0 saturated carbocycles. The van der Waals surface area contributed by atoms with E-state index < -0.39 is 0 Å². The molecule has 0 spiro atoms. The molecule has 1 aromatic carbocycles. The number of hydrogen-bond donors (Lipinski definition) is 2. The first kappa shape index (κ1) is 11.3. The predicted molar refractivity (Wildman–Crippen MR) is 73.6 cm³/mol. The Labute approximate surface area is 111 Å². The van der Waals surface area contributed by atoms with Crippen molar-refractivity contribution in [2.75, 3.05) is 0 Å².